The van der Waals surface area contributed by atoms with E-state index < -0.39 is 0 Å². The molecule has 1 rings (SSSR count). The highest BCUT2D eigenvalue weighted by molar-refractivity contribution is 4.99. The Kier molecular flexibility index (Phi) is 5.40. The van der Waals surface area contributed by atoms with Crippen molar-refractivity contribution in [2.45, 2.75) is 52.6 Å². The molecule has 0 bridgehead atoms. The van der Waals surface area contributed by atoms with E-state index in [1.165, 1.54) is 24.8 Å². The molecule has 0 spiro atoms. The van der Waals surface area contributed by atoms with Crippen molar-refractivity contribution in [2.24, 2.45) is 0 Å². The predicted molar refractivity (Wildman–Crippen MR) is 64.0 cm³/mol. The van der Waals surface area contributed by atoms with Crippen molar-refractivity contribution in [2.75, 3.05) is 6.54 Å². The van der Waals surface area contributed by atoms with E-state index in [4.69, 9.17) is 0 Å². The summed E-state index contributed by atoms with van der Waals surface area (Å²) in [6.45, 7) is 8.69. The summed E-state index contributed by atoms with van der Waals surface area (Å²) in [6.07, 6.45) is 7.64. The van der Waals surface area contributed by atoms with Gasteiger partial charge in [-0.15, -0.1) is 0 Å². The first-order chi connectivity index (χ1) is 7.22. The molecule has 1 aromatic rings. The van der Waals surface area contributed by atoms with Crippen LogP contribution in [0, 0.1) is 6.92 Å². The lowest BCUT2D eigenvalue weighted by Crippen LogP contribution is -2.26. The van der Waals surface area contributed by atoms with Gasteiger partial charge in [0, 0.05) is 18.8 Å². The van der Waals surface area contributed by atoms with Crippen LogP contribution in [0.3, 0.4) is 0 Å². The first kappa shape index (κ1) is 12.2. The molecule has 3 nitrogen and oxygen atoms in total. The van der Waals surface area contributed by atoms with E-state index in [0.29, 0.717) is 6.04 Å². The minimum atomic E-state index is 0.626. The molecule has 0 radical (unpaired) electrons. The van der Waals surface area contributed by atoms with Crippen LogP contribution >= 0.6 is 0 Å². The summed E-state index contributed by atoms with van der Waals surface area (Å²) < 4.78 is 2.03. The number of rotatable bonds is 7. The minimum Gasteiger partial charge on any atom is -0.314 e. The molecule has 1 unspecified atom stereocenters. The fourth-order valence-corrected chi connectivity index (χ4v) is 1.64. The summed E-state index contributed by atoms with van der Waals surface area (Å²) in [4.78, 5) is 0. The lowest BCUT2D eigenvalue weighted by atomic mass is 10.2. The second-order valence-electron chi connectivity index (χ2n) is 4.28. The molecule has 0 saturated heterocycles. The fourth-order valence-electron chi connectivity index (χ4n) is 1.64. The molecule has 0 saturated carbocycles. The van der Waals surface area contributed by atoms with Crippen molar-refractivity contribution in [3.05, 3.63) is 18.0 Å². The van der Waals surface area contributed by atoms with Crippen molar-refractivity contribution in [3.63, 3.8) is 0 Å². The van der Waals surface area contributed by atoms with Gasteiger partial charge in [-0.05, 0) is 45.2 Å². The normalized spacial score (nSPS) is 13.0. The highest BCUT2D eigenvalue weighted by Crippen LogP contribution is 2.01. The van der Waals surface area contributed by atoms with Crippen molar-refractivity contribution < 1.29 is 0 Å². The molecular formula is C12H23N3. The molecule has 0 aliphatic heterocycles. The number of hydrogen-bond acceptors (Lipinski definition) is 2. The number of hydrogen-bond donors (Lipinski definition) is 1. The van der Waals surface area contributed by atoms with Gasteiger partial charge in [0.2, 0.25) is 0 Å². The quantitative estimate of drug-likeness (QED) is 0.747. The molecule has 1 heterocycles. The van der Waals surface area contributed by atoms with Crippen molar-refractivity contribution in [3.8, 4) is 0 Å². The van der Waals surface area contributed by atoms with Gasteiger partial charge in [-0.25, -0.2) is 0 Å². The summed E-state index contributed by atoms with van der Waals surface area (Å²) in [5.41, 5.74) is 1.24. The largest absolute Gasteiger partial charge is 0.314 e. The summed E-state index contributed by atoms with van der Waals surface area (Å²) in [6, 6.07) is 0.626. The van der Waals surface area contributed by atoms with Crippen molar-refractivity contribution in [1.29, 1.82) is 0 Å². The molecule has 15 heavy (non-hydrogen) atoms. The Morgan fingerprint density at radius 1 is 1.53 bits per heavy atom. The van der Waals surface area contributed by atoms with E-state index in [1.807, 2.05) is 10.9 Å². The average Bonchev–Trinajstić information content (AvgIpc) is 2.61. The van der Waals surface area contributed by atoms with Crippen LogP contribution in [0.15, 0.2) is 12.4 Å². The van der Waals surface area contributed by atoms with E-state index in [1.54, 1.807) is 0 Å². The van der Waals surface area contributed by atoms with Crippen LogP contribution in [0.1, 0.15) is 38.7 Å². The summed E-state index contributed by atoms with van der Waals surface area (Å²) in [7, 11) is 0. The van der Waals surface area contributed by atoms with Crippen LogP contribution < -0.4 is 5.32 Å². The predicted octanol–water partition coefficient (Wildman–Crippen LogP) is 2.36. The maximum atomic E-state index is 4.27. The maximum Gasteiger partial charge on any atom is 0.0518 e. The molecule has 0 aliphatic carbocycles. The molecule has 0 amide bonds. The van der Waals surface area contributed by atoms with E-state index in [2.05, 4.69) is 37.4 Å². The van der Waals surface area contributed by atoms with Crippen LogP contribution in [-0.4, -0.2) is 22.4 Å². The van der Waals surface area contributed by atoms with Crippen LogP contribution in [-0.2, 0) is 6.54 Å². The van der Waals surface area contributed by atoms with Gasteiger partial charge in [-0.2, -0.15) is 5.10 Å². The van der Waals surface area contributed by atoms with Gasteiger partial charge in [0.1, 0.15) is 0 Å². The molecule has 1 atom stereocenters. The number of nitrogens with zero attached hydrogens (tertiary/aromatic N) is 2. The topological polar surface area (TPSA) is 29.9 Å². The van der Waals surface area contributed by atoms with Gasteiger partial charge in [-0.1, -0.05) is 6.92 Å². The summed E-state index contributed by atoms with van der Waals surface area (Å²) in [5.74, 6) is 0. The van der Waals surface area contributed by atoms with E-state index in [9.17, 15) is 0 Å². The Hall–Kier alpha value is -0.830. The average molecular weight is 209 g/mol. The SMILES string of the molecule is CCCNC(C)CCCn1cc(C)cn1. The summed E-state index contributed by atoms with van der Waals surface area (Å²) in [5, 5.41) is 7.77. The third kappa shape index (κ3) is 4.98. The lowest BCUT2D eigenvalue weighted by Gasteiger charge is -2.12. The third-order valence-corrected chi connectivity index (χ3v) is 2.53. The van der Waals surface area contributed by atoms with Crippen molar-refractivity contribution in [1.82, 2.24) is 15.1 Å². The highest BCUT2D eigenvalue weighted by atomic mass is 15.3. The van der Waals surface area contributed by atoms with E-state index in [0.717, 1.165) is 13.1 Å². The molecule has 1 aromatic heterocycles. The Bertz CT molecular complexity index is 268. The maximum absolute atomic E-state index is 4.27. The molecule has 86 valence electrons. The number of nitrogens with one attached hydrogen (secondary N) is 1. The molecule has 0 aromatic carbocycles. The van der Waals surface area contributed by atoms with Gasteiger partial charge in [0.15, 0.2) is 0 Å². The monoisotopic (exact) mass is 209 g/mol. The van der Waals surface area contributed by atoms with Gasteiger partial charge < -0.3 is 5.32 Å². The van der Waals surface area contributed by atoms with E-state index in [-0.39, 0.29) is 0 Å². The third-order valence-electron chi connectivity index (χ3n) is 2.53. The van der Waals surface area contributed by atoms with Crippen LogP contribution in [0.2, 0.25) is 0 Å². The zero-order valence-corrected chi connectivity index (χ0v) is 10.2. The van der Waals surface area contributed by atoms with Crippen LogP contribution in [0.5, 0.6) is 0 Å². The van der Waals surface area contributed by atoms with Gasteiger partial charge >= 0.3 is 0 Å². The number of aromatic nitrogens is 2. The molecule has 0 aliphatic rings. The standard InChI is InChI=1S/C12H23N3/c1-4-7-13-12(3)6-5-8-15-10-11(2)9-14-15/h9-10,12-13H,4-8H2,1-3H3. The smallest absolute Gasteiger partial charge is 0.0518 e. The van der Waals surface area contributed by atoms with Gasteiger partial charge in [0.25, 0.3) is 0 Å². The van der Waals surface area contributed by atoms with Crippen LogP contribution in [0.4, 0.5) is 0 Å². The molecule has 0 fully saturated rings. The lowest BCUT2D eigenvalue weighted by molar-refractivity contribution is 0.463. The summed E-state index contributed by atoms with van der Waals surface area (Å²) >= 11 is 0. The zero-order chi connectivity index (χ0) is 11.1. The van der Waals surface area contributed by atoms with Crippen molar-refractivity contribution >= 4 is 0 Å². The Labute approximate surface area is 92.9 Å². The Balaban J connectivity index is 2.10. The van der Waals surface area contributed by atoms with E-state index >= 15 is 0 Å². The second kappa shape index (κ2) is 6.62. The molecule has 1 N–H and O–H groups in total. The highest BCUT2D eigenvalue weighted by Gasteiger charge is 2.00. The Morgan fingerprint density at radius 2 is 2.33 bits per heavy atom. The zero-order valence-electron chi connectivity index (χ0n) is 10.2. The van der Waals surface area contributed by atoms with Gasteiger partial charge in [0.05, 0.1) is 6.20 Å². The fraction of sp³-hybridized carbons (Fsp3) is 0.750. The van der Waals surface area contributed by atoms with Gasteiger partial charge in [-0.3, -0.25) is 4.68 Å². The molecular weight excluding hydrogens is 186 g/mol. The Morgan fingerprint density at radius 3 is 2.93 bits per heavy atom. The second-order valence-corrected chi connectivity index (χ2v) is 4.28. The number of aryl methyl sites for hydroxylation is 2. The first-order valence-corrected chi connectivity index (χ1v) is 5.94. The minimum absolute atomic E-state index is 0.626. The molecule has 3 heteroatoms. The first-order valence-electron chi connectivity index (χ1n) is 5.94. The van der Waals surface area contributed by atoms with Crippen LogP contribution in [0.25, 0.3) is 0 Å².